The Balaban J connectivity index is 2.45. The molecular weight excluding hydrogens is 512 g/mol. The third-order valence-electron chi connectivity index (χ3n) is 7.94. The molecule has 0 aromatic heterocycles. The highest BCUT2D eigenvalue weighted by atomic mass is 16.6. The van der Waals surface area contributed by atoms with E-state index in [1.165, 1.54) is 13.0 Å². The van der Waals surface area contributed by atoms with E-state index in [0.29, 0.717) is 0 Å². The molecule has 0 saturated heterocycles. The number of allylic oxidation sites excluding steroid dienone is 1. The molecule has 7 atom stereocenters. The van der Waals surface area contributed by atoms with Gasteiger partial charge < -0.3 is 24.1 Å². The molecule has 0 amide bonds. The van der Waals surface area contributed by atoms with Gasteiger partial charge in [0.05, 0.1) is 5.92 Å². The van der Waals surface area contributed by atoms with Crippen molar-refractivity contribution in [1.82, 2.24) is 0 Å². The molecule has 1 N–H and O–H groups in total. The molecule has 0 spiro atoms. The Morgan fingerprint density at radius 3 is 1.97 bits per heavy atom. The van der Waals surface area contributed by atoms with Gasteiger partial charge in [-0.1, -0.05) is 32.9 Å². The number of hydrogen-bond donors (Lipinski definition) is 1. The fraction of sp³-hybridized carbons (Fsp3) is 0.643. The van der Waals surface area contributed by atoms with Gasteiger partial charge in [-0.15, -0.1) is 0 Å². The number of aliphatic hydroxyl groups is 1. The molecule has 214 valence electrons. The lowest BCUT2D eigenvalue weighted by atomic mass is 9.71. The maximum Gasteiger partial charge on any atom is 0.303 e. The zero-order valence-corrected chi connectivity index (χ0v) is 23.5. The molecule has 3 aliphatic carbocycles. The molecule has 0 aromatic carbocycles. The molecule has 1 unspecified atom stereocenters. The van der Waals surface area contributed by atoms with Crippen LogP contribution in [0.25, 0.3) is 0 Å². The molecule has 3 rings (SSSR count). The number of carbonyl (C=O) groups excluding carboxylic acids is 6. The van der Waals surface area contributed by atoms with Crippen molar-refractivity contribution < 1.29 is 52.8 Å². The predicted octanol–water partition coefficient (Wildman–Crippen LogP) is 1.92. The topological polar surface area (TPSA) is 160 Å². The van der Waals surface area contributed by atoms with Crippen LogP contribution in [0.4, 0.5) is 0 Å². The second kappa shape index (κ2) is 10.0. The number of carbonyl (C=O) groups is 6. The van der Waals surface area contributed by atoms with E-state index in [0.717, 1.165) is 33.8 Å². The zero-order valence-electron chi connectivity index (χ0n) is 23.5. The first-order valence-corrected chi connectivity index (χ1v) is 12.7. The van der Waals surface area contributed by atoms with Gasteiger partial charge in [0.2, 0.25) is 0 Å². The number of rotatable bonds is 4. The number of ether oxygens (including phenoxy) is 4. The number of hydrogen-bond acceptors (Lipinski definition) is 11. The van der Waals surface area contributed by atoms with Crippen LogP contribution in [0.1, 0.15) is 68.2 Å². The normalized spacial score (nSPS) is 38.0. The van der Waals surface area contributed by atoms with Crippen molar-refractivity contribution in [1.29, 1.82) is 0 Å². The largest absolute Gasteiger partial charge is 0.458 e. The quantitative estimate of drug-likeness (QED) is 0.311. The van der Waals surface area contributed by atoms with Gasteiger partial charge in [0, 0.05) is 51.9 Å². The van der Waals surface area contributed by atoms with Crippen molar-refractivity contribution in [2.75, 3.05) is 0 Å². The number of ketones is 2. The lowest BCUT2D eigenvalue weighted by Crippen LogP contribution is -2.56. The van der Waals surface area contributed by atoms with Crippen LogP contribution in [0.5, 0.6) is 0 Å². The molecular formula is C28H36O11. The molecule has 2 bridgehead atoms. The summed E-state index contributed by atoms with van der Waals surface area (Å²) in [6.07, 6.45) is 0.550. The zero-order chi connectivity index (χ0) is 29.7. The Morgan fingerprint density at radius 1 is 0.897 bits per heavy atom. The minimum absolute atomic E-state index is 0.132. The number of fused-ring (bicyclic) bond motifs is 3. The predicted molar refractivity (Wildman–Crippen MR) is 134 cm³/mol. The Morgan fingerprint density at radius 2 is 1.46 bits per heavy atom. The van der Waals surface area contributed by atoms with Crippen LogP contribution >= 0.6 is 0 Å². The Labute approximate surface area is 226 Å². The highest BCUT2D eigenvalue weighted by Crippen LogP contribution is 2.55. The molecule has 1 saturated carbocycles. The lowest BCUT2D eigenvalue weighted by molar-refractivity contribution is -0.189. The summed E-state index contributed by atoms with van der Waals surface area (Å²) in [6, 6.07) is 0. The summed E-state index contributed by atoms with van der Waals surface area (Å²) in [5.41, 5.74) is -6.82. The van der Waals surface area contributed by atoms with Gasteiger partial charge in [-0.3, -0.25) is 28.8 Å². The second-order valence-corrected chi connectivity index (χ2v) is 11.5. The Bertz CT molecular complexity index is 1180. The van der Waals surface area contributed by atoms with Crippen molar-refractivity contribution in [3.63, 3.8) is 0 Å². The van der Waals surface area contributed by atoms with E-state index in [2.05, 4.69) is 0 Å². The molecule has 0 heterocycles. The second-order valence-electron chi connectivity index (χ2n) is 11.5. The standard InChI is InChI=1S/C28H36O11/c1-14-9-10-25(6,7)28(35)12-19(11-20(28)33)22(36-15(2)29)21-24(37-16(3)30)26(8,38-17(4)31)13-27(21,23(14)34)39-18(5)32/h9-11,14,21-22,24,35H,12-13H2,1-8H3/b10-9+/t14-,21?,22+,24-,26-,27-,28-/m1/s1. The minimum Gasteiger partial charge on any atom is -0.458 e. The summed E-state index contributed by atoms with van der Waals surface area (Å²) in [5.74, 6) is -6.90. The molecule has 0 radical (unpaired) electrons. The van der Waals surface area contributed by atoms with Crippen molar-refractivity contribution in [3.8, 4) is 0 Å². The van der Waals surface area contributed by atoms with Gasteiger partial charge in [-0.05, 0) is 18.6 Å². The molecule has 0 aromatic rings. The van der Waals surface area contributed by atoms with Crippen molar-refractivity contribution in [2.45, 2.75) is 97.2 Å². The molecule has 39 heavy (non-hydrogen) atoms. The fourth-order valence-electron chi connectivity index (χ4n) is 6.23. The molecule has 3 aliphatic rings. The van der Waals surface area contributed by atoms with E-state index in [1.54, 1.807) is 26.8 Å². The highest BCUT2D eigenvalue weighted by Gasteiger charge is 2.72. The molecule has 0 aliphatic heterocycles. The van der Waals surface area contributed by atoms with Crippen LogP contribution in [0, 0.1) is 17.3 Å². The Hall–Kier alpha value is -3.34. The van der Waals surface area contributed by atoms with Crippen LogP contribution in [0.15, 0.2) is 23.8 Å². The van der Waals surface area contributed by atoms with E-state index in [9.17, 15) is 33.9 Å². The maximum absolute atomic E-state index is 14.3. The van der Waals surface area contributed by atoms with Gasteiger partial charge in [-0.25, -0.2) is 0 Å². The van der Waals surface area contributed by atoms with Crippen molar-refractivity contribution >= 4 is 35.4 Å². The van der Waals surface area contributed by atoms with E-state index in [1.807, 2.05) is 0 Å². The van der Waals surface area contributed by atoms with Crippen molar-refractivity contribution in [2.24, 2.45) is 17.3 Å². The number of esters is 4. The smallest absolute Gasteiger partial charge is 0.303 e. The summed E-state index contributed by atoms with van der Waals surface area (Å²) in [6.45, 7) is 10.7. The van der Waals surface area contributed by atoms with E-state index < -0.39 is 88.1 Å². The lowest BCUT2D eigenvalue weighted by Gasteiger charge is -2.40. The van der Waals surface area contributed by atoms with Crippen LogP contribution < -0.4 is 0 Å². The fourth-order valence-corrected chi connectivity index (χ4v) is 6.23. The monoisotopic (exact) mass is 548 g/mol. The summed E-state index contributed by atoms with van der Waals surface area (Å²) in [7, 11) is 0. The first-order chi connectivity index (χ1) is 17.8. The van der Waals surface area contributed by atoms with Crippen LogP contribution in [-0.4, -0.2) is 69.6 Å². The third kappa shape index (κ3) is 5.16. The SMILES string of the molecule is CC(=O)O[C@@H]1C2[C@@H](OC(C)=O)C3=CC(=O)[C@](O)(C3)C(C)(C)/C=C/[C@@H](C)C(=O)[C@@]2(OC(C)=O)C[C@@]1(C)OC(C)=O. The number of Topliss-reactive ketones (excluding diaryl/α,β-unsaturated/α-hetero) is 1. The van der Waals surface area contributed by atoms with Crippen LogP contribution in [0.2, 0.25) is 0 Å². The van der Waals surface area contributed by atoms with E-state index in [4.69, 9.17) is 18.9 Å². The van der Waals surface area contributed by atoms with Crippen LogP contribution in [0.3, 0.4) is 0 Å². The maximum atomic E-state index is 14.3. The third-order valence-corrected chi connectivity index (χ3v) is 7.94. The van der Waals surface area contributed by atoms with Crippen LogP contribution in [-0.2, 0) is 47.7 Å². The van der Waals surface area contributed by atoms with E-state index in [-0.39, 0.29) is 12.0 Å². The highest BCUT2D eigenvalue weighted by molar-refractivity contribution is 6.02. The Kier molecular flexibility index (Phi) is 7.75. The first-order valence-electron chi connectivity index (χ1n) is 12.7. The average molecular weight is 549 g/mol. The van der Waals surface area contributed by atoms with Gasteiger partial charge in [0.15, 0.2) is 28.9 Å². The molecule has 1 fully saturated rings. The first kappa shape index (κ1) is 30.2. The van der Waals surface area contributed by atoms with Gasteiger partial charge in [0.25, 0.3) is 0 Å². The summed E-state index contributed by atoms with van der Waals surface area (Å²) >= 11 is 0. The van der Waals surface area contributed by atoms with Crippen molar-refractivity contribution in [3.05, 3.63) is 23.8 Å². The summed E-state index contributed by atoms with van der Waals surface area (Å²) < 4.78 is 22.8. The van der Waals surface area contributed by atoms with E-state index >= 15 is 0 Å². The molecule has 11 nitrogen and oxygen atoms in total. The molecule has 11 heteroatoms. The summed E-state index contributed by atoms with van der Waals surface area (Å²) in [4.78, 5) is 77.1. The van der Waals surface area contributed by atoms with Gasteiger partial charge in [-0.2, -0.15) is 0 Å². The average Bonchev–Trinajstić information content (AvgIpc) is 3.20. The minimum atomic E-state index is -2.13. The van der Waals surface area contributed by atoms with Gasteiger partial charge in [0.1, 0.15) is 11.7 Å². The summed E-state index contributed by atoms with van der Waals surface area (Å²) in [5, 5.41) is 11.6. The van der Waals surface area contributed by atoms with Gasteiger partial charge >= 0.3 is 23.9 Å².